The van der Waals surface area contributed by atoms with Crippen molar-refractivity contribution in [2.45, 2.75) is 26.3 Å². The van der Waals surface area contributed by atoms with Crippen LogP contribution in [0.2, 0.25) is 0 Å². The van der Waals surface area contributed by atoms with Crippen molar-refractivity contribution >= 4 is 28.5 Å². The molecule has 1 aromatic heterocycles. The number of amides is 2. The van der Waals surface area contributed by atoms with Gasteiger partial charge in [-0.1, -0.05) is 18.3 Å². The molecule has 0 fully saturated rings. The standard InChI is InChI=1S/C8H12N4O3S.K/c1-3-5(6(13)14)9-7(15)10-8-12-11-4(2)16-8;/h5H,3H2,1-2H3,(H,13,14)(H2,9,10,12,15);/q;+1/p-1/t5-;/m1./s1. The maximum absolute atomic E-state index is 11.3. The second-order valence-corrected chi connectivity index (χ2v) is 4.19. The third-order valence-corrected chi connectivity index (χ3v) is 2.50. The Bertz CT molecular complexity index is 398. The Morgan fingerprint density at radius 2 is 2.12 bits per heavy atom. The SMILES string of the molecule is CC[C@@H](NC(=O)Nc1nnc(C)s1)C(=O)[O-].[K+]. The van der Waals surface area contributed by atoms with Crippen molar-refractivity contribution < 1.29 is 66.1 Å². The van der Waals surface area contributed by atoms with E-state index >= 15 is 0 Å². The van der Waals surface area contributed by atoms with Gasteiger partial charge in [0.05, 0.1) is 12.0 Å². The number of rotatable bonds is 4. The Hall–Kier alpha value is -0.0636. The first kappa shape index (κ1) is 16.9. The van der Waals surface area contributed by atoms with Crippen molar-refractivity contribution in [1.29, 1.82) is 0 Å². The number of hydrogen-bond acceptors (Lipinski definition) is 6. The maximum Gasteiger partial charge on any atom is 1.00 e. The third-order valence-electron chi connectivity index (χ3n) is 1.74. The Kier molecular flexibility index (Phi) is 8.08. The molecule has 0 spiro atoms. The average molecular weight is 282 g/mol. The third kappa shape index (κ3) is 5.88. The quantitative estimate of drug-likeness (QED) is 0.557. The van der Waals surface area contributed by atoms with Gasteiger partial charge in [0.25, 0.3) is 0 Å². The van der Waals surface area contributed by atoms with Crippen LogP contribution in [0.4, 0.5) is 9.93 Å². The zero-order valence-electron chi connectivity index (χ0n) is 9.81. The predicted molar refractivity (Wildman–Crippen MR) is 55.9 cm³/mol. The van der Waals surface area contributed by atoms with Gasteiger partial charge in [0, 0.05) is 0 Å². The number of aromatic nitrogens is 2. The minimum atomic E-state index is -1.31. The van der Waals surface area contributed by atoms with Gasteiger partial charge in [-0.15, -0.1) is 10.2 Å². The van der Waals surface area contributed by atoms with Crippen LogP contribution in [0.1, 0.15) is 18.4 Å². The van der Waals surface area contributed by atoms with Gasteiger partial charge in [-0.05, 0) is 13.3 Å². The zero-order valence-corrected chi connectivity index (χ0v) is 13.8. The minimum Gasteiger partial charge on any atom is -0.548 e. The molecule has 1 aromatic rings. The number of nitrogens with zero attached hydrogens (tertiary/aromatic N) is 2. The number of carboxylic acids is 1. The molecule has 88 valence electrons. The van der Waals surface area contributed by atoms with Crippen molar-refractivity contribution in [2.24, 2.45) is 0 Å². The van der Waals surface area contributed by atoms with E-state index in [1.807, 2.05) is 0 Å². The fraction of sp³-hybridized carbons (Fsp3) is 0.500. The molecular weight excluding hydrogens is 271 g/mol. The molecule has 0 bridgehead atoms. The summed E-state index contributed by atoms with van der Waals surface area (Å²) >= 11 is 1.20. The summed E-state index contributed by atoms with van der Waals surface area (Å²) in [5, 5.41) is 23.6. The molecule has 2 N–H and O–H groups in total. The van der Waals surface area contributed by atoms with E-state index in [1.165, 1.54) is 11.3 Å². The minimum absolute atomic E-state index is 0. The van der Waals surface area contributed by atoms with Crippen LogP contribution >= 0.6 is 11.3 Å². The number of aliphatic carboxylic acids is 1. The van der Waals surface area contributed by atoms with E-state index in [0.717, 1.165) is 0 Å². The first-order valence-electron chi connectivity index (χ1n) is 4.61. The number of nitrogens with one attached hydrogen (secondary N) is 2. The van der Waals surface area contributed by atoms with Crippen LogP contribution in [-0.2, 0) is 4.79 Å². The molecule has 9 heteroatoms. The fourth-order valence-electron chi connectivity index (χ4n) is 0.966. The van der Waals surface area contributed by atoms with Crippen molar-refractivity contribution in [2.75, 3.05) is 5.32 Å². The first-order chi connectivity index (χ1) is 7.52. The summed E-state index contributed by atoms with van der Waals surface area (Å²) in [4.78, 5) is 21.9. The Morgan fingerprint density at radius 3 is 2.53 bits per heavy atom. The number of carbonyl (C=O) groups excluding carboxylic acids is 2. The summed E-state index contributed by atoms with van der Waals surface area (Å²) in [6.07, 6.45) is 0.255. The van der Waals surface area contributed by atoms with Gasteiger partial charge < -0.3 is 15.2 Å². The smallest absolute Gasteiger partial charge is 0.548 e. The molecular formula is C8H11KN4O3S. The average Bonchev–Trinajstić information content (AvgIpc) is 2.60. The normalized spacial score (nSPS) is 11.2. The summed E-state index contributed by atoms with van der Waals surface area (Å²) in [5.74, 6) is -1.31. The van der Waals surface area contributed by atoms with Gasteiger partial charge in [-0.25, -0.2) is 4.79 Å². The van der Waals surface area contributed by atoms with E-state index in [0.29, 0.717) is 10.1 Å². The molecule has 7 nitrogen and oxygen atoms in total. The van der Waals surface area contributed by atoms with E-state index in [1.54, 1.807) is 13.8 Å². The molecule has 0 radical (unpaired) electrons. The molecule has 0 aliphatic rings. The summed E-state index contributed by atoms with van der Waals surface area (Å²) in [7, 11) is 0. The molecule has 0 unspecified atom stereocenters. The van der Waals surface area contributed by atoms with E-state index in [2.05, 4.69) is 20.8 Å². The molecule has 0 aliphatic carbocycles. The van der Waals surface area contributed by atoms with Crippen LogP contribution < -0.4 is 67.1 Å². The van der Waals surface area contributed by atoms with Crippen LogP contribution in [0, 0.1) is 6.92 Å². The summed E-state index contributed by atoms with van der Waals surface area (Å²) < 4.78 is 0. The fourth-order valence-corrected chi connectivity index (χ4v) is 1.55. The monoisotopic (exact) mass is 282 g/mol. The van der Waals surface area contributed by atoms with Gasteiger partial charge in [0.2, 0.25) is 5.13 Å². The van der Waals surface area contributed by atoms with Gasteiger partial charge in [-0.3, -0.25) is 5.32 Å². The van der Waals surface area contributed by atoms with Crippen LogP contribution in [0.15, 0.2) is 0 Å². The maximum atomic E-state index is 11.3. The molecule has 2 amide bonds. The molecule has 0 saturated carbocycles. The van der Waals surface area contributed by atoms with Gasteiger partial charge in [0.1, 0.15) is 5.01 Å². The van der Waals surface area contributed by atoms with E-state index in [-0.39, 0.29) is 57.8 Å². The Labute approximate surface area is 145 Å². The molecule has 0 aliphatic heterocycles. The number of urea groups is 1. The van der Waals surface area contributed by atoms with E-state index < -0.39 is 18.0 Å². The molecule has 0 aromatic carbocycles. The van der Waals surface area contributed by atoms with E-state index in [4.69, 9.17) is 0 Å². The number of carboxylic acid groups (broad SMARTS) is 1. The number of hydrogen-bond donors (Lipinski definition) is 2. The first-order valence-corrected chi connectivity index (χ1v) is 5.43. The number of anilines is 1. The number of aryl methyl sites for hydroxylation is 1. The van der Waals surface area contributed by atoms with Gasteiger partial charge >= 0.3 is 57.4 Å². The molecule has 17 heavy (non-hydrogen) atoms. The molecule has 1 atom stereocenters. The summed E-state index contributed by atoms with van der Waals surface area (Å²) in [6.45, 7) is 3.38. The summed E-state index contributed by atoms with van der Waals surface area (Å²) in [5.41, 5.74) is 0. The Balaban J connectivity index is 0.00000256. The topological polar surface area (TPSA) is 107 Å². The summed E-state index contributed by atoms with van der Waals surface area (Å²) in [6, 6.07) is -1.64. The number of carbonyl (C=O) groups is 2. The molecule has 1 heterocycles. The second kappa shape index (κ2) is 8.11. The van der Waals surface area contributed by atoms with Crippen LogP contribution in [0.25, 0.3) is 0 Å². The van der Waals surface area contributed by atoms with Crippen molar-refractivity contribution in [3.8, 4) is 0 Å². The van der Waals surface area contributed by atoms with Crippen LogP contribution in [-0.4, -0.2) is 28.2 Å². The van der Waals surface area contributed by atoms with Crippen molar-refractivity contribution in [1.82, 2.24) is 15.5 Å². The largest absolute Gasteiger partial charge is 1.00 e. The van der Waals surface area contributed by atoms with Gasteiger partial charge in [-0.2, -0.15) is 0 Å². The molecule has 1 rings (SSSR count). The molecule has 0 saturated heterocycles. The van der Waals surface area contributed by atoms with Crippen LogP contribution in [0.5, 0.6) is 0 Å². The van der Waals surface area contributed by atoms with Crippen molar-refractivity contribution in [3.63, 3.8) is 0 Å². The van der Waals surface area contributed by atoms with Gasteiger partial charge in [0.15, 0.2) is 0 Å². The van der Waals surface area contributed by atoms with Crippen LogP contribution in [0.3, 0.4) is 0 Å². The predicted octanol–water partition coefficient (Wildman–Crippen LogP) is -3.50. The van der Waals surface area contributed by atoms with E-state index in [9.17, 15) is 14.7 Å². The zero-order chi connectivity index (χ0) is 12.1. The second-order valence-electron chi connectivity index (χ2n) is 3.00. The Morgan fingerprint density at radius 1 is 1.47 bits per heavy atom. The van der Waals surface area contributed by atoms with Crippen molar-refractivity contribution in [3.05, 3.63) is 5.01 Å².